The zero-order chi connectivity index (χ0) is 14.4. The van der Waals surface area contributed by atoms with E-state index in [1.54, 1.807) is 0 Å². The number of rotatable bonds is 5. The fourth-order valence-electron chi connectivity index (χ4n) is 2.75. The Labute approximate surface area is 119 Å². The van der Waals surface area contributed by atoms with Crippen molar-refractivity contribution in [3.63, 3.8) is 0 Å². The van der Waals surface area contributed by atoms with Gasteiger partial charge in [0.2, 0.25) is 0 Å². The van der Waals surface area contributed by atoms with Crippen LogP contribution in [0.25, 0.3) is 10.4 Å². The lowest BCUT2D eigenvalue weighted by atomic mass is 9.87. The minimum Gasteiger partial charge on any atom is -0.303 e. The maximum absolute atomic E-state index is 12.8. The van der Waals surface area contributed by atoms with Crippen LogP contribution < -0.4 is 0 Å². The van der Waals surface area contributed by atoms with Crippen LogP contribution in [0.15, 0.2) is 29.4 Å². The zero-order valence-corrected chi connectivity index (χ0v) is 11.9. The quantitative estimate of drug-likeness (QED) is 0.460. The Balaban J connectivity index is 1.83. The first-order valence-corrected chi connectivity index (χ1v) is 7.16. The lowest BCUT2D eigenvalue weighted by Gasteiger charge is -2.36. The summed E-state index contributed by atoms with van der Waals surface area (Å²) in [4.78, 5) is 5.28. The molecule has 0 bridgehead atoms. The summed E-state index contributed by atoms with van der Waals surface area (Å²) in [6.45, 7) is 5.88. The maximum atomic E-state index is 12.8. The van der Waals surface area contributed by atoms with E-state index in [1.807, 2.05) is 12.1 Å². The second-order valence-corrected chi connectivity index (χ2v) is 5.62. The Morgan fingerprint density at radius 3 is 2.85 bits per heavy atom. The van der Waals surface area contributed by atoms with Gasteiger partial charge in [-0.2, -0.15) is 0 Å². The topological polar surface area (TPSA) is 52.0 Å². The number of benzene rings is 1. The molecule has 20 heavy (non-hydrogen) atoms. The van der Waals surface area contributed by atoms with Crippen molar-refractivity contribution in [3.05, 3.63) is 46.1 Å². The van der Waals surface area contributed by atoms with Gasteiger partial charge < -0.3 is 4.90 Å². The molecule has 0 amide bonds. The van der Waals surface area contributed by atoms with E-state index in [9.17, 15) is 4.39 Å². The minimum absolute atomic E-state index is 0.185. The van der Waals surface area contributed by atoms with Crippen LogP contribution in [0, 0.1) is 17.7 Å². The van der Waals surface area contributed by atoms with Crippen molar-refractivity contribution in [2.45, 2.75) is 19.8 Å². The molecular weight excluding hydrogens is 255 g/mol. The lowest BCUT2D eigenvalue weighted by molar-refractivity contribution is 0.134. The molecule has 0 radical (unpaired) electrons. The van der Waals surface area contributed by atoms with E-state index in [2.05, 4.69) is 21.8 Å². The molecule has 1 aliphatic heterocycles. The highest BCUT2D eigenvalue weighted by Crippen LogP contribution is 2.23. The second kappa shape index (κ2) is 7.27. The van der Waals surface area contributed by atoms with Crippen LogP contribution in [0.2, 0.25) is 0 Å². The average Bonchev–Trinajstić information content (AvgIpc) is 2.46. The Kier molecular flexibility index (Phi) is 5.39. The normalized spacial score (nSPS) is 23.3. The molecule has 1 saturated heterocycles. The van der Waals surface area contributed by atoms with Gasteiger partial charge in [0.15, 0.2) is 0 Å². The number of nitrogens with zero attached hydrogens (tertiary/aromatic N) is 4. The molecule has 0 spiro atoms. The van der Waals surface area contributed by atoms with Crippen molar-refractivity contribution in [2.24, 2.45) is 17.0 Å². The Morgan fingerprint density at radius 1 is 1.40 bits per heavy atom. The molecule has 1 aromatic carbocycles. The molecular formula is C15H21FN4. The second-order valence-electron chi connectivity index (χ2n) is 5.62. The van der Waals surface area contributed by atoms with Crippen molar-refractivity contribution in [1.29, 1.82) is 0 Å². The SMILES string of the molecule is CC1CCN(CCc2ccc(F)cc2)CC1CN=[N+]=[N-]. The molecule has 108 valence electrons. The van der Waals surface area contributed by atoms with Gasteiger partial charge in [-0.1, -0.05) is 24.2 Å². The van der Waals surface area contributed by atoms with Crippen LogP contribution >= 0.6 is 0 Å². The highest BCUT2D eigenvalue weighted by Gasteiger charge is 2.25. The maximum Gasteiger partial charge on any atom is 0.123 e. The summed E-state index contributed by atoms with van der Waals surface area (Å²) in [7, 11) is 0. The summed E-state index contributed by atoms with van der Waals surface area (Å²) < 4.78 is 12.8. The molecule has 2 atom stereocenters. The predicted molar refractivity (Wildman–Crippen MR) is 77.8 cm³/mol. The Bertz CT molecular complexity index is 467. The van der Waals surface area contributed by atoms with Gasteiger partial charge in [0.1, 0.15) is 5.82 Å². The monoisotopic (exact) mass is 276 g/mol. The summed E-state index contributed by atoms with van der Waals surface area (Å²) >= 11 is 0. The molecule has 0 saturated carbocycles. The Morgan fingerprint density at radius 2 is 2.15 bits per heavy atom. The predicted octanol–water partition coefficient (Wildman–Crippen LogP) is 3.64. The first-order chi connectivity index (χ1) is 9.69. The van der Waals surface area contributed by atoms with Crippen LogP contribution in [-0.2, 0) is 6.42 Å². The molecule has 4 nitrogen and oxygen atoms in total. The zero-order valence-electron chi connectivity index (χ0n) is 11.9. The molecule has 2 rings (SSSR count). The van der Waals surface area contributed by atoms with Crippen LogP contribution in [0.1, 0.15) is 18.9 Å². The molecule has 1 aromatic rings. The van der Waals surface area contributed by atoms with E-state index in [0.717, 1.165) is 38.0 Å². The third kappa shape index (κ3) is 4.22. The van der Waals surface area contributed by atoms with Gasteiger partial charge >= 0.3 is 0 Å². The standard InChI is InChI=1S/C15H21FN4/c1-12-6-8-20(11-14(12)10-18-19-17)9-7-13-2-4-15(16)5-3-13/h2-5,12,14H,6-11H2,1H3. The van der Waals surface area contributed by atoms with Crippen LogP contribution in [0.4, 0.5) is 4.39 Å². The summed E-state index contributed by atoms with van der Waals surface area (Å²) in [5.74, 6) is 0.880. The van der Waals surface area contributed by atoms with E-state index in [4.69, 9.17) is 5.53 Å². The van der Waals surface area contributed by atoms with E-state index in [1.165, 1.54) is 12.1 Å². The average molecular weight is 276 g/mol. The van der Waals surface area contributed by atoms with Gasteiger partial charge in [-0.3, -0.25) is 0 Å². The highest BCUT2D eigenvalue weighted by atomic mass is 19.1. The van der Waals surface area contributed by atoms with Crippen LogP contribution in [0.5, 0.6) is 0 Å². The van der Waals surface area contributed by atoms with Gasteiger partial charge in [0.25, 0.3) is 0 Å². The van der Waals surface area contributed by atoms with Crippen LogP contribution in [-0.4, -0.2) is 31.1 Å². The molecule has 1 fully saturated rings. The van der Waals surface area contributed by atoms with E-state index < -0.39 is 0 Å². The number of hydrogen-bond donors (Lipinski definition) is 0. The largest absolute Gasteiger partial charge is 0.303 e. The summed E-state index contributed by atoms with van der Waals surface area (Å²) in [5, 5.41) is 3.72. The fourth-order valence-corrected chi connectivity index (χ4v) is 2.75. The highest BCUT2D eigenvalue weighted by molar-refractivity contribution is 5.16. The van der Waals surface area contributed by atoms with Gasteiger partial charge in [0.05, 0.1) is 0 Å². The summed E-state index contributed by atoms with van der Waals surface area (Å²) in [6, 6.07) is 6.72. The van der Waals surface area contributed by atoms with E-state index in [0.29, 0.717) is 18.4 Å². The molecule has 0 aromatic heterocycles. The molecule has 1 heterocycles. The first kappa shape index (κ1) is 14.8. The van der Waals surface area contributed by atoms with Gasteiger partial charge in [-0.05, 0) is 54.4 Å². The molecule has 1 aliphatic rings. The van der Waals surface area contributed by atoms with Crippen molar-refractivity contribution in [2.75, 3.05) is 26.2 Å². The van der Waals surface area contributed by atoms with Crippen molar-refractivity contribution < 1.29 is 4.39 Å². The molecule has 0 N–H and O–H groups in total. The van der Waals surface area contributed by atoms with E-state index >= 15 is 0 Å². The summed E-state index contributed by atoms with van der Waals surface area (Å²) in [5.41, 5.74) is 9.60. The van der Waals surface area contributed by atoms with Crippen LogP contribution in [0.3, 0.4) is 0 Å². The van der Waals surface area contributed by atoms with Gasteiger partial charge in [-0.15, -0.1) is 0 Å². The first-order valence-electron chi connectivity index (χ1n) is 7.16. The number of halogens is 1. The number of hydrogen-bond acceptors (Lipinski definition) is 2. The fraction of sp³-hybridized carbons (Fsp3) is 0.600. The van der Waals surface area contributed by atoms with Gasteiger partial charge in [0, 0.05) is 24.5 Å². The number of likely N-dealkylation sites (tertiary alicyclic amines) is 1. The Hall–Kier alpha value is -1.58. The van der Waals surface area contributed by atoms with Gasteiger partial charge in [-0.25, -0.2) is 4.39 Å². The number of azide groups is 1. The van der Waals surface area contributed by atoms with Crippen molar-refractivity contribution in [1.82, 2.24) is 4.90 Å². The minimum atomic E-state index is -0.185. The number of piperidine rings is 1. The smallest absolute Gasteiger partial charge is 0.123 e. The van der Waals surface area contributed by atoms with Crippen molar-refractivity contribution in [3.8, 4) is 0 Å². The van der Waals surface area contributed by atoms with E-state index in [-0.39, 0.29) is 5.82 Å². The third-order valence-corrected chi connectivity index (χ3v) is 4.21. The molecule has 0 aliphatic carbocycles. The van der Waals surface area contributed by atoms with Crippen molar-refractivity contribution >= 4 is 0 Å². The lowest BCUT2D eigenvalue weighted by Crippen LogP contribution is -2.41. The summed E-state index contributed by atoms with van der Waals surface area (Å²) in [6.07, 6.45) is 2.08. The third-order valence-electron chi connectivity index (χ3n) is 4.21. The molecule has 5 heteroatoms. The molecule has 2 unspecified atom stereocenters.